The number of benzene rings is 2. The van der Waals surface area contributed by atoms with Crippen molar-refractivity contribution in [3.05, 3.63) is 76.5 Å². The van der Waals surface area contributed by atoms with E-state index in [1.54, 1.807) is 40.8 Å². The summed E-state index contributed by atoms with van der Waals surface area (Å²) in [5, 5.41) is 8.13. The molecule has 4 aromatic rings. The second-order valence-electron chi connectivity index (χ2n) is 6.79. The van der Waals surface area contributed by atoms with Crippen molar-refractivity contribution in [2.75, 3.05) is 11.9 Å². The van der Waals surface area contributed by atoms with Gasteiger partial charge in [-0.25, -0.2) is 9.37 Å². The SMILES string of the molecule is O=C(CCCNC(=O)c1ccc(Cl)cc1)Nc1c(-c2ccc(F)cc2)nc2sccn12. The van der Waals surface area contributed by atoms with Crippen LogP contribution in [0.3, 0.4) is 0 Å². The maximum Gasteiger partial charge on any atom is 0.251 e. The van der Waals surface area contributed by atoms with Crippen LogP contribution in [0.2, 0.25) is 5.02 Å². The molecule has 2 N–H and O–H groups in total. The molecule has 2 aromatic carbocycles. The smallest absolute Gasteiger partial charge is 0.251 e. The van der Waals surface area contributed by atoms with E-state index >= 15 is 0 Å². The molecule has 4 rings (SSSR count). The van der Waals surface area contributed by atoms with Gasteiger partial charge in [-0.3, -0.25) is 14.0 Å². The van der Waals surface area contributed by atoms with Crippen LogP contribution in [-0.4, -0.2) is 27.7 Å². The fourth-order valence-electron chi connectivity index (χ4n) is 3.06. The molecule has 0 aliphatic heterocycles. The number of halogens is 2. The summed E-state index contributed by atoms with van der Waals surface area (Å²) in [6, 6.07) is 12.6. The van der Waals surface area contributed by atoms with Crippen LogP contribution in [-0.2, 0) is 4.79 Å². The number of rotatable bonds is 7. The van der Waals surface area contributed by atoms with Crippen LogP contribution < -0.4 is 10.6 Å². The average molecular weight is 457 g/mol. The summed E-state index contributed by atoms with van der Waals surface area (Å²) in [6.45, 7) is 0.361. The molecule has 0 radical (unpaired) electrons. The van der Waals surface area contributed by atoms with E-state index in [2.05, 4.69) is 15.6 Å². The molecule has 2 amide bonds. The third-order valence-corrected chi connectivity index (χ3v) is 5.62. The first-order valence-electron chi connectivity index (χ1n) is 9.56. The van der Waals surface area contributed by atoms with E-state index in [-0.39, 0.29) is 24.1 Å². The standard InChI is InChI=1S/C22H18ClFN4O2S/c23-16-7-3-15(4-8-16)21(30)25-11-1-2-18(29)26-20-19(14-5-9-17(24)10-6-14)27-22-28(20)12-13-31-22/h3-10,12-13H,1-2,11H2,(H,25,30)(H,26,29). The lowest BCUT2D eigenvalue weighted by atomic mass is 10.1. The van der Waals surface area contributed by atoms with E-state index in [1.807, 2.05) is 11.6 Å². The number of thiazole rings is 1. The molecule has 9 heteroatoms. The fraction of sp³-hybridized carbons (Fsp3) is 0.136. The Bertz CT molecular complexity index is 1220. The third-order valence-electron chi connectivity index (χ3n) is 4.61. The summed E-state index contributed by atoms with van der Waals surface area (Å²) in [7, 11) is 0. The maximum atomic E-state index is 13.3. The van der Waals surface area contributed by atoms with Crippen molar-refractivity contribution >= 4 is 45.5 Å². The Morgan fingerprint density at radius 1 is 1.10 bits per heavy atom. The number of anilines is 1. The maximum absolute atomic E-state index is 13.3. The van der Waals surface area contributed by atoms with Crippen molar-refractivity contribution in [3.63, 3.8) is 0 Å². The van der Waals surface area contributed by atoms with Crippen molar-refractivity contribution in [3.8, 4) is 11.3 Å². The summed E-state index contributed by atoms with van der Waals surface area (Å²) in [5.74, 6) is -0.211. The van der Waals surface area contributed by atoms with Crippen LogP contribution in [0.15, 0.2) is 60.1 Å². The lowest BCUT2D eigenvalue weighted by Crippen LogP contribution is -2.25. The molecule has 31 heavy (non-hydrogen) atoms. The van der Waals surface area contributed by atoms with Crippen LogP contribution in [0.1, 0.15) is 23.2 Å². The molecule has 0 fully saturated rings. The van der Waals surface area contributed by atoms with Crippen LogP contribution >= 0.6 is 22.9 Å². The van der Waals surface area contributed by atoms with Crippen molar-refractivity contribution < 1.29 is 14.0 Å². The second-order valence-corrected chi connectivity index (χ2v) is 8.10. The number of aromatic nitrogens is 2. The average Bonchev–Trinajstić information content (AvgIpc) is 3.35. The predicted molar refractivity (Wildman–Crippen MR) is 120 cm³/mol. The Labute approximate surface area is 186 Å². The monoisotopic (exact) mass is 456 g/mol. The molecule has 0 bridgehead atoms. The van der Waals surface area contributed by atoms with E-state index in [1.165, 1.54) is 23.5 Å². The van der Waals surface area contributed by atoms with Crippen molar-refractivity contribution in [1.82, 2.24) is 14.7 Å². The topological polar surface area (TPSA) is 75.5 Å². The van der Waals surface area contributed by atoms with E-state index < -0.39 is 0 Å². The van der Waals surface area contributed by atoms with E-state index in [0.717, 1.165) is 4.96 Å². The summed E-state index contributed by atoms with van der Waals surface area (Å²) in [4.78, 5) is 29.9. The zero-order valence-electron chi connectivity index (χ0n) is 16.3. The third kappa shape index (κ3) is 4.92. The molecule has 0 spiro atoms. The minimum atomic E-state index is -0.337. The fourth-order valence-corrected chi connectivity index (χ4v) is 3.90. The van der Waals surface area contributed by atoms with Crippen LogP contribution in [0.4, 0.5) is 10.2 Å². The van der Waals surface area contributed by atoms with Crippen molar-refractivity contribution in [2.45, 2.75) is 12.8 Å². The highest BCUT2D eigenvalue weighted by molar-refractivity contribution is 7.15. The van der Waals surface area contributed by atoms with Gasteiger partial charge in [0.25, 0.3) is 5.91 Å². The predicted octanol–water partition coefficient (Wildman–Crippen LogP) is 5.00. The number of fused-ring (bicyclic) bond motifs is 1. The molecule has 6 nitrogen and oxygen atoms in total. The van der Waals surface area contributed by atoms with Crippen molar-refractivity contribution in [2.24, 2.45) is 0 Å². The normalized spacial score (nSPS) is 10.9. The molecule has 2 aromatic heterocycles. The highest BCUT2D eigenvalue weighted by Crippen LogP contribution is 2.31. The zero-order valence-corrected chi connectivity index (χ0v) is 17.8. The van der Waals surface area contributed by atoms with Gasteiger partial charge in [0, 0.05) is 40.7 Å². The Balaban J connectivity index is 1.37. The molecule has 0 aliphatic rings. The molecule has 0 saturated heterocycles. The number of hydrogen-bond acceptors (Lipinski definition) is 4. The zero-order chi connectivity index (χ0) is 21.8. The molecule has 0 atom stereocenters. The van der Waals surface area contributed by atoms with Crippen LogP contribution in [0.25, 0.3) is 16.2 Å². The lowest BCUT2D eigenvalue weighted by molar-refractivity contribution is -0.116. The van der Waals surface area contributed by atoms with Gasteiger partial charge in [-0.15, -0.1) is 11.3 Å². The first-order valence-corrected chi connectivity index (χ1v) is 10.8. The Morgan fingerprint density at radius 2 is 1.84 bits per heavy atom. The molecule has 0 saturated carbocycles. The summed E-state index contributed by atoms with van der Waals surface area (Å²) in [5.41, 5.74) is 1.80. The summed E-state index contributed by atoms with van der Waals surface area (Å²) >= 11 is 7.27. The Kier molecular flexibility index (Phi) is 6.29. The van der Waals surface area contributed by atoms with Gasteiger partial charge in [-0.2, -0.15) is 0 Å². The number of hydrogen-bond donors (Lipinski definition) is 2. The largest absolute Gasteiger partial charge is 0.352 e. The first-order chi connectivity index (χ1) is 15.0. The van der Waals surface area contributed by atoms with Gasteiger partial charge in [0.05, 0.1) is 0 Å². The Morgan fingerprint density at radius 3 is 2.58 bits per heavy atom. The number of nitrogens with one attached hydrogen (secondary N) is 2. The van der Waals surface area contributed by atoms with Gasteiger partial charge in [-0.1, -0.05) is 11.6 Å². The lowest BCUT2D eigenvalue weighted by Gasteiger charge is -2.08. The minimum Gasteiger partial charge on any atom is -0.352 e. The molecule has 2 heterocycles. The van der Waals surface area contributed by atoms with Gasteiger partial charge in [0.2, 0.25) is 5.91 Å². The molecule has 0 unspecified atom stereocenters. The van der Waals surface area contributed by atoms with Gasteiger partial charge in [0.15, 0.2) is 4.96 Å². The molecule has 158 valence electrons. The van der Waals surface area contributed by atoms with E-state index in [9.17, 15) is 14.0 Å². The second kappa shape index (κ2) is 9.28. The minimum absolute atomic E-state index is 0.197. The summed E-state index contributed by atoms with van der Waals surface area (Å²) < 4.78 is 15.1. The summed E-state index contributed by atoms with van der Waals surface area (Å²) in [6.07, 6.45) is 2.52. The first kappa shape index (κ1) is 21.0. The number of carbonyl (C=O) groups is 2. The molecular weight excluding hydrogens is 439 g/mol. The molecule has 0 aliphatic carbocycles. The van der Waals surface area contributed by atoms with E-state index in [4.69, 9.17) is 11.6 Å². The van der Waals surface area contributed by atoms with Gasteiger partial charge in [0.1, 0.15) is 17.3 Å². The Hall–Kier alpha value is -3.23. The molecular formula is C22H18ClFN4O2S. The van der Waals surface area contributed by atoms with Gasteiger partial charge in [-0.05, 0) is 55.0 Å². The van der Waals surface area contributed by atoms with Gasteiger partial charge >= 0.3 is 0 Å². The highest BCUT2D eigenvalue weighted by Gasteiger charge is 2.17. The number of carbonyl (C=O) groups excluding carboxylic acids is 2. The van der Waals surface area contributed by atoms with Gasteiger partial charge < -0.3 is 10.6 Å². The number of nitrogens with zero attached hydrogens (tertiary/aromatic N) is 2. The number of amides is 2. The van der Waals surface area contributed by atoms with Crippen LogP contribution in [0, 0.1) is 5.82 Å². The van der Waals surface area contributed by atoms with Crippen LogP contribution in [0.5, 0.6) is 0 Å². The van der Waals surface area contributed by atoms with Crippen molar-refractivity contribution in [1.29, 1.82) is 0 Å². The quantitative estimate of drug-likeness (QED) is 0.384. The number of imidazole rings is 1. The van der Waals surface area contributed by atoms with E-state index in [0.29, 0.717) is 40.6 Å². The highest BCUT2D eigenvalue weighted by atomic mass is 35.5.